The van der Waals surface area contributed by atoms with E-state index >= 15 is 0 Å². The molecule has 13 heavy (non-hydrogen) atoms. The van der Waals surface area contributed by atoms with Crippen LogP contribution in [-0.2, 0) is 13.1 Å². The maximum absolute atomic E-state index is 13.1. The van der Waals surface area contributed by atoms with Gasteiger partial charge in [-0.3, -0.25) is 0 Å². The molecule has 0 bridgehead atoms. The number of nitrogens with zero attached hydrogens (tertiary/aromatic N) is 1. The first kappa shape index (κ1) is 10.3. The number of aryl methyl sites for hydroxylation is 1. The van der Waals surface area contributed by atoms with Crippen molar-refractivity contribution < 1.29 is 4.39 Å². The van der Waals surface area contributed by atoms with Crippen molar-refractivity contribution in [2.24, 2.45) is 5.73 Å². The van der Waals surface area contributed by atoms with Crippen LogP contribution in [0.25, 0.3) is 0 Å². The van der Waals surface area contributed by atoms with Crippen LogP contribution in [0.3, 0.4) is 0 Å². The normalized spacial score (nSPS) is 12.0. The summed E-state index contributed by atoms with van der Waals surface area (Å²) in [7, 11) is 0. The molecular formula is C10H17FN2. The fraction of sp³-hybridized carbons (Fsp3) is 0.600. The summed E-state index contributed by atoms with van der Waals surface area (Å²) in [6, 6.07) is 1.96. The first-order chi connectivity index (χ1) is 6.01. The molecule has 3 heteroatoms. The number of aromatic nitrogens is 1. The molecule has 0 aliphatic heterocycles. The molecule has 1 aromatic heterocycles. The summed E-state index contributed by atoms with van der Waals surface area (Å²) >= 11 is 0. The van der Waals surface area contributed by atoms with Gasteiger partial charge in [-0.1, -0.05) is 0 Å². The molecule has 1 aromatic rings. The zero-order chi connectivity index (χ0) is 9.90. The van der Waals surface area contributed by atoms with E-state index in [0.29, 0.717) is 19.5 Å². The Balaban J connectivity index is 2.46. The highest BCUT2D eigenvalue weighted by atomic mass is 19.1. The van der Waals surface area contributed by atoms with E-state index in [0.717, 1.165) is 5.56 Å². The Hall–Kier alpha value is -0.830. The Kier molecular flexibility index (Phi) is 3.09. The summed E-state index contributed by atoms with van der Waals surface area (Å²) in [5, 5.41) is 0. The van der Waals surface area contributed by atoms with E-state index < -0.39 is 5.67 Å². The molecule has 0 atom stereocenters. The molecule has 0 saturated heterocycles. The highest BCUT2D eigenvalue weighted by Crippen LogP contribution is 2.15. The average molecular weight is 184 g/mol. The molecule has 0 aromatic carbocycles. The number of hydrogen-bond donors (Lipinski definition) is 1. The second-order valence-corrected chi connectivity index (χ2v) is 3.93. The van der Waals surface area contributed by atoms with Crippen LogP contribution in [0.2, 0.25) is 0 Å². The van der Waals surface area contributed by atoms with Gasteiger partial charge in [0.25, 0.3) is 0 Å². The molecular weight excluding hydrogens is 167 g/mol. The lowest BCUT2D eigenvalue weighted by Crippen LogP contribution is -2.14. The molecule has 0 aliphatic carbocycles. The summed E-state index contributed by atoms with van der Waals surface area (Å²) in [5.41, 5.74) is 5.46. The Morgan fingerprint density at radius 3 is 2.69 bits per heavy atom. The van der Waals surface area contributed by atoms with Crippen LogP contribution in [0.1, 0.15) is 25.8 Å². The van der Waals surface area contributed by atoms with Crippen molar-refractivity contribution >= 4 is 0 Å². The highest BCUT2D eigenvalue weighted by molar-refractivity contribution is 5.09. The van der Waals surface area contributed by atoms with Crippen molar-refractivity contribution in [3.8, 4) is 0 Å². The van der Waals surface area contributed by atoms with Crippen molar-refractivity contribution in [1.29, 1.82) is 0 Å². The van der Waals surface area contributed by atoms with Gasteiger partial charge in [0.05, 0.1) is 0 Å². The number of hydrogen-bond acceptors (Lipinski definition) is 1. The lowest BCUT2D eigenvalue weighted by atomic mass is 10.1. The van der Waals surface area contributed by atoms with Crippen molar-refractivity contribution in [1.82, 2.24) is 4.57 Å². The minimum atomic E-state index is -1.09. The molecule has 0 saturated carbocycles. The molecule has 2 nitrogen and oxygen atoms in total. The summed E-state index contributed by atoms with van der Waals surface area (Å²) in [5.74, 6) is 0. The maximum Gasteiger partial charge on any atom is 0.107 e. The van der Waals surface area contributed by atoms with Gasteiger partial charge >= 0.3 is 0 Å². The molecule has 0 unspecified atom stereocenters. The van der Waals surface area contributed by atoms with Gasteiger partial charge in [-0.2, -0.15) is 0 Å². The van der Waals surface area contributed by atoms with E-state index in [1.807, 2.05) is 23.0 Å². The van der Waals surface area contributed by atoms with Gasteiger partial charge in [0.2, 0.25) is 0 Å². The minimum Gasteiger partial charge on any atom is -0.354 e. The molecule has 0 fully saturated rings. The van der Waals surface area contributed by atoms with Gasteiger partial charge in [0, 0.05) is 25.5 Å². The fourth-order valence-corrected chi connectivity index (χ4v) is 1.15. The van der Waals surface area contributed by atoms with Crippen molar-refractivity contribution in [2.75, 3.05) is 0 Å². The van der Waals surface area contributed by atoms with E-state index in [1.165, 1.54) is 0 Å². The SMILES string of the molecule is CC(C)(F)CCn1ccc(CN)c1. The molecule has 1 rings (SSSR count). The van der Waals surface area contributed by atoms with Crippen LogP contribution in [0.15, 0.2) is 18.5 Å². The summed E-state index contributed by atoms with van der Waals surface area (Å²) in [6.45, 7) is 4.45. The standard InChI is InChI=1S/C10H17FN2/c1-10(2,11)4-6-13-5-3-9(7-12)8-13/h3,5,8H,4,6-7,12H2,1-2H3. The van der Waals surface area contributed by atoms with Crippen LogP contribution in [0.4, 0.5) is 4.39 Å². The molecule has 0 amide bonds. The van der Waals surface area contributed by atoms with Gasteiger partial charge in [-0.25, -0.2) is 4.39 Å². The van der Waals surface area contributed by atoms with Gasteiger partial charge in [0.15, 0.2) is 0 Å². The number of alkyl halides is 1. The zero-order valence-corrected chi connectivity index (χ0v) is 8.26. The first-order valence-electron chi connectivity index (χ1n) is 4.55. The Labute approximate surface area is 78.5 Å². The average Bonchev–Trinajstić information content (AvgIpc) is 2.47. The lowest BCUT2D eigenvalue weighted by molar-refractivity contribution is 0.192. The quantitative estimate of drug-likeness (QED) is 0.763. The molecule has 0 radical (unpaired) electrons. The predicted molar refractivity (Wildman–Crippen MR) is 52.1 cm³/mol. The van der Waals surface area contributed by atoms with Crippen LogP contribution in [0.5, 0.6) is 0 Å². The third-order valence-corrected chi connectivity index (χ3v) is 2.01. The van der Waals surface area contributed by atoms with Crippen LogP contribution in [0, 0.1) is 0 Å². The monoisotopic (exact) mass is 184 g/mol. The van der Waals surface area contributed by atoms with Gasteiger partial charge in [0.1, 0.15) is 5.67 Å². The largest absolute Gasteiger partial charge is 0.354 e. The Bertz CT molecular complexity index is 260. The van der Waals surface area contributed by atoms with Crippen molar-refractivity contribution in [3.05, 3.63) is 24.0 Å². The van der Waals surface area contributed by atoms with Gasteiger partial charge in [-0.05, 0) is 31.9 Å². The minimum absolute atomic E-state index is 0.533. The second kappa shape index (κ2) is 3.92. The third kappa shape index (κ3) is 3.59. The van der Waals surface area contributed by atoms with Crippen LogP contribution >= 0.6 is 0 Å². The smallest absolute Gasteiger partial charge is 0.107 e. The van der Waals surface area contributed by atoms with Crippen molar-refractivity contribution in [3.63, 3.8) is 0 Å². The van der Waals surface area contributed by atoms with Gasteiger partial charge in [-0.15, -0.1) is 0 Å². The van der Waals surface area contributed by atoms with E-state index in [2.05, 4.69) is 0 Å². The number of rotatable bonds is 4. The Morgan fingerprint density at radius 1 is 1.54 bits per heavy atom. The molecule has 0 spiro atoms. The van der Waals surface area contributed by atoms with E-state index in [9.17, 15) is 4.39 Å². The predicted octanol–water partition coefficient (Wildman–Crippen LogP) is 2.08. The summed E-state index contributed by atoms with van der Waals surface area (Å²) in [6.07, 6.45) is 4.44. The lowest BCUT2D eigenvalue weighted by Gasteiger charge is -2.13. The first-order valence-corrected chi connectivity index (χ1v) is 4.55. The van der Waals surface area contributed by atoms with Crippen LogP contribution in [-0.4, -0.2) is 10.2 Å². The highest BCUT2D eigenvalue weighted by Gasteiger charge is 2.14. The number of halogens is 1. The van der Waals surface area contributed by atoms with E-state index in [1.54, 1.807) is 13.8 Å². The molecule has 0 aliphatic rings. The van der Waals surface area contributed by atoms with Crippen LogP contribution < -0.4 is 5.73 Å². The zero-order valence-electron chi connectivity index (χ0n) is 8.26. The maximum atomic E-state index is 13.1. The molecule has 1 heterocycles. The Morgan fingerprint density at radius 2 is 2.23 bits per heavy atom. The number of nitrogens with two attached hydrogens (primary N) is 1. The molecule has 74 valence electrons. The summed E-state index contributed by atoms with van der Waals surface area (Å²) < 4.78 is 15.1. The third-order valence-electron chi connectivity index (χ3n) is 2.01. The van der Waals surface area contributed by atoms with E-state index in [4.69, 9.17) is 5.73 Å². The summed E-state index contributed by atoms with van der Waals surface area (Å²) in [4.78, 5) is 0. The second-order valence-electron chi connectivity index (χ2n) is 3.93. The molecule has 2 N–H and O–H groups in total. The van der Waals surface area contributed by atoms with E-state index in [-0.39, 0.29) is 0 Å². The topological polar surface area (TPSA) is 30.9 Å². The van der Waals surface area contributed by atoms with Crippen molar-refractivity contribution in [2.45, 2.75) is 39.0 Å². The van der Waals surface area contributed by atoms with Gasteiger partial charge < -0.3 is 10.3 Å². The fourth-order valence-electron chi connectivity index (χ4n) is 1.15.